The molecule has 0 bridgehead atoms. The maximum absolute atomic E-state index is 13.0. The molecule has 3 aromatic carbocycles. The van der Waals surface area contributed by atoms with Crippen molar-refractivity contribution in [2.45, 2.75) is 17.1 Å². The van der Waals surface area contributed by atoms with Crippen molar-refractivity contribution in [2.24, 2.45) is 0 Å². The standard InChI is InChI=1S/C24H23FN2O4S/c1-15(23(28)27-21-14-19(30-2)10-13-22(21)31-3)32-20-11-8-18(9-12-20)26-24(29)16-4-6-17(25)7-5-16/h4-15H,1-3H3,(H,26,29)(H,27,28). The van der Waals surface area contributed by atoms with Crippen LogP contribution in [0, 0.1) is 5.82 Å². The van der Waals surface area contributed by atoms with Crippen LogP contribution in [0.1, 0.15) is 17.3 Å². The number of benzene rings is 3. The minimum absolute atomic E-state index is 0.185. The highest BCUT2D eigenvalue weighted by Gasteiger charge is 2.17. The van der Waals surface area contributed by atoms with Crippen molar-refractivity contribution in [3.63, 3.8) is 0 Å². The van der Waals surface area contributed by atoms with Crippen molar-refractivity contribution in [3.8, 4) is 11.5 Å². The highest BCUT2D eigenvalue weighted by Crippen LogP contribution is 2.31. The van der Waals surface area contributed by atoms with E-state index < -0.39 is 5.82 Å². The normalized spacial score (nSPS) is 11.4. The van der Waals surface area contributed by atoms with Gasteiger partial charge in [-0.3, -0.25) is 9.59 Å². The van der Waals surface area contributed by atoms with Crippen LogP contribution in [0.25, 0.3) is 0 Å². The van der Waals surface area contributed by atoms with Gasteiger partial charge >= 0.3 is 0 Å². The number of ether oxygens (including phenoxy) is 2. The molecule has 0 fully saturated rings. The molecule has 0 heterocycles. The van der Waals surface area contributed by atoms with E-state index in [1.54, 1.807) is 44.4 Å². The molecule has 2 N–H and O–H groups in total. The van der Waals surface area contributed by atoms with Gasteiger partial charge in [-0.1, -0.05) is 0 Å². The molecule has 32 heavy (non-hydrogen) atoms. The van der Waals surface area contributed by atoms with Crippen molar-refractivity contribution in [1.82, 2.24) is 0 Å². The third kappa shape index (κ3) is 6.01. The van der Waals surface area contributed by atoms with Crippen LogP contribution >= 0.6 is 11.8 Å². The third-order valence-corrected chi connectivity index (χ3v) is 5.68. The lowest BCUT2D eigenvalue weighted by atomic mass is 10.2. The number of hydrogen-bond donors (Lipinski definition) is 2. The summed E-state index contributed by atoms with van der Waals surface area (Å²) in [4.78, 5) is 25.8. The summed E-state index contributed by atoms with van der Waals surface area (Å²) in [6.07, 6.45) is 0. The predicted molar refractivity (Wildman–Crippen MR) is 124 cm³/mol. The molecule has 3 aromatic rings. The van der Waals surface area contributed by atoms with E-state index in [9.17, 15) is 14.0 Å². The van der Waals surface area contributed by atoms with Crippen LogP contribution in [0.15, 0.2) is 71.6 Å². The molecule has 0 saturated heterocycles. The zero-order valence-corrected chi connectivity index (χ0v) is 18.7. The Kier molecular flexibility index (Phi) is 7.72. The second-order valence-electron chi connectivity index (χ2n) is 6.80. The first-order chi connectivity index (χ1) is 15.4. The smallest absolute Gasteiger partial charge is 0.255 e. The largest absolute Gasteiger partial charge is 0.497 e. The Morgan fingerprint density at radius 3 is 2.22 bits per heavy atom. The van der Waals surface area contributed by atoms with E-state index in [1.165, 1.54) is 43.1 Å². The van der Waals surface area contributed by atoms with Crippen LogP contribution in [-0.4, -0.2) is 31.3 Å². The number of methoxy groups -OCH3 is 2. The van der Waals surface area contributed by atoms with E-state index in [1.807, 2.05) is 12.1 Å². The van der Waals surface area contributed by atoms with Gasteiger partial charge < -0.3 is 20.1 Å². The number of carbonyl (C=O) groups is 2. The lowest BCUT2D eigenvalue weighted by molar-refractivity contribution is -0.115. The molecule has 1 atom stereocenters. The summed E-state index contributed by atoms with van der Waals surface area (Å²) >= 11 is 1.38. The van der Waals surface area contributed by atoms with Crippen molar-refractivity contribution in [3.05, 3.63) is 78.1 Å². The molecule has 0 radical (unpaired) electrons. The summed E-state index contributed by atoms with van der Waals surface area (Å²) < 4.78 is 23.5. The summed E-state index contributed by atoms with van der Waals surface area (Å²) in [5.41, 5.74) is 1.49. The van der Waals surface area contributed by atoms with Gasteiger partial charge in [0.25, 0.3) is 5.91 Å². The van der Waals surface area contributed by atoms with Crippen LogP contribution in [-0.2, 0) is 4.79 Å². The number of thioether (sulfide) groups is 1. The number of hydrogen-bond acceptors (Lipinski definition) is 5. The van der Waals surface area contributed by atoms with Crippen molar-refractivity contribution >= 4 is 35.0 Å². The molecule has 2 amide bonds. The number of nitrogens with one attached hydrogen (secondary N) is 2. The van der Waals surface area contributed by atoms with E-state index in [2.05, 4.69) is 10.6 Å². The Morgan fingerprint density at radius 1 is 0.906 bits per heavy atom. The average Bonchev–Trinajstić information content (AvgIpc) is 2.80. The molecule has 1 unspecified atom stereocenters. The van der Waals surface area contributed by atoms with Crippen molar-refractivity contribution in [2.75, 3.05) is 24.9 Å². The average molecular weight is 455 g/mol. The molecule has 0 aliphatic heterocycles. The summed E-state index contributed by atoms with van der Waals surface area (Å²) in [5, 5.41) is 5.25. The number of rotatable bonds is 8. The highest BCUT2D eigenvalue weighted by atomic mass is 32.2. The second-order valence-corrected chi connectivity index (χ2v) is 8.22. The summed E-state index contributed by atoms with van der Waals surface area (Å²) in [7, 11) is 3.09. The SMILES string of the molecule is COc1ccc(OC)c(NC(=O)C(C)Sc2ccc(NC(=O)c3ccc(F)cc3)cc2)c1. The number of carbonyl (C=O) groups excluding carboxylic acids is 2. The first-order valence-electron chi connectivity index (χ1n) is 9.76. The second kappa shape index (κ2) is 10.7. The Bertz CT molecular complexity index is 1090. The van der Waals surface area contributed by atoms with Gasteiger partial charge in [-0.2, -0.15) is 0 Å². The topological polar surface area (TPSA) is 76.7 Å². The third-order valence-electron chi connectivity index (χ3n) is 4.57. The fourth-order valence-corrected chi connectivity index (χ4v) is 3.69. The maximum Gasteiger partial charge on any atom is 0.255 e. The maximum atomic E-state index is 13.0. The van der Waals surface area contributed by atoms with E-state index in [0.717, 1.165) is 4.90 Å². The Hall–Kier alpha value is -3.52. The van der Waals surface area contributed by atoms with Crippen molar-refractivity contribution in [1.29, 1.82) is 0 Å². The van der Waals surface area contributed by atoms with Gasteiger partial charge in [0.15, 0.2) is 0 Å². The fraction of sp³-hybridized carbons (Fsp3) is 0.167. The van der Waals surface area contributed by atoms with Gasteiger partial charge in [0.05, 0.1) is 25.2 Å². The Morgan fingerprint density at radius 2 is 1.59 bits per heavy atom. The van der Waals surface area contributed by atoms with E-state index in [4.69, 9.17) is 9.47 Å². The molecule has 0 aromatic heterocycles. The van der Waals surface area contributed by atoms with Crippen molar-refractivity contribution < 1.29 is 23.5 Å². The van der Waals surface area contributed by atoms with Gasteiger partial charge in [-0.15, -0.1) is 11.8 Å². The molecule has 0 spiro atoms. The molecular weight excluding hydrogens is 431 g/mol. The van der Waals surface area contributed by atoms with Gasteiger partial charge in [0.1, 0.15) is 17.3 Å². The fourth-order valence-electron chi connectivity index (χ4n) is 2.83. The summed E-state index contributed by atoms with van der Waals surface area (Å²) in [6.45, 7) is 1.80. The molecule has 0 aliphatic carbocycles. The van der Waals surface area contributed by atoms with E-state index in [-0.39, 0.29) is 17.1 Å². The quantitative estimate of drug-likeness (QED) is 0.457. The first-order valence-corrected chi connectivity index (χ1v) is 10.6. The molecule has 0 saturated carbocycles. The van der Waals surface area contributed by atoms with Gasteiger partial charge in [0.2, 0.25) is 5.91 Å². The number of halogens is 1. The molecule has 6 nitrogen and oxygen atoms in total. The monoisotopic (exact) mass is 454 g/mol. The zero-order valence-electron chi connectivity index (χ0n) is 17.8. The Balaban J connectivity index is 1.59. The number of anilines is 2. The van der Waals surface area contributed by atoms with Crippen LogP contribution in [0.5, 0.6) is 11.5 Å². The predicted octanol–water partition coefficient (Wildman–Crippen LogP) is 5.21. The molecule has 8 heteroatoms. The van der Waals surface area contributed by atoms with Gasteiger partial charge in [0, 0.05) is 22.2 Å². The lowest BCUT2D eigenvalue weighted by Gasteiger charge is -2.15. The first kappa shape index (κ1) is 23.1. The molecule has 166 valence electrons. The van der Waals surface area contributed by atoms with Gasteiger partial charge in [-0.05, 0) is 67.6 Å². The molecule has 3 rings (SSSR count). The summed E-state index contributed by atoms with van der Waals surface area (Å²) in [5.74, 6) is 0.240. The lowest BCUT2D eigenvalue weighted by Crippen LogP contribution is -2.22. The minimum atomic E-state index is -0.397. The van der Waals surface area contributed by atoms with Crippen LogP contribution in [0.3, 0.4) is 0 Å². The van der Waals surface area contributed by atoms with Crippen LogP contribution in [0.4, 0.5) is 15.8 Å². The van der Waals surface area contributed by atoms with E-state index in [0.29, 0.717) is 28.4 Å². The summed E-state index contributed by atoms with van der Waals surface area (Å²) in [6, 6.07) is 17.6. The minimum Gasteiger partial charge on any atom is -0.497 e. The Labute approximate surface area is 190 Å². The molecular formula is C24H23FN2O4S. The van der Waals surface area contributed by atoms with E-state index >= 15 is 0 Å². The van der Waals surface area contributed by atoms with Crippen LogP contribution in [0.2, 0.25) is 0 Å². The highest BCUT2D eigenvalue weighted by molar-refractivity contribution is 8.00. The zero-order chi connectivity index (χ0) is 23.1. The molecule has 0 aliphatic rings. The van der Waals surface area contributed by atoms with Crippen LogP contribution < -0.4 is 20.1 Å². The van der Waals surface area contributed by atoms with Gasteiger partial charge in [-0.25, -0.2) is 4.39 Å². The number of amides is 2.